The molecule has 7 heteroatoms. The highest BCUT2D eigenvalue weighted by atomic mass is 32.2. The zero-order valence-electron chi connectivity index (χ0n) is 6.25. The first kappa shape index (κ1) is 10.3. The van der Waals surface area contributed by atoms with Crippen LogP contribution < -0.4 is 0 Å². The topological polar surface area (TPSA) is 91.7 Å². The minimum absolute atomic E-state index is 0.0763. The van der Waals surface area contributed by atoms with Crippen LogP contribution >= 0.6 is 0 Å². The fourth-order valence-corrected chi connectivity index (χ4v) is 1.58. The Morgan fingerprint density at radius 3 is 1.92 bits per heavy atom. The fourth-order valence-electron chi connectivity index (χ4n) is 0.728. The molecular weight excluding hydrogens is 216 g/mol. The standard InChI is InChI=1S/C6H6O5S2/c7-12(8)5-1-3-6(4-2-5)13(9,10)11/h1-4H,(H,7,8)(H,9,10,11). The zero-order valence-corrected chi connectivity index (χ0v) is 7.88. The van der Waals surface area contributed by atoms with Gasteiger partial charge in [0, 0.05) is 0 Å². The third-order valence-electron chi connectivity index (χ3n) is 1.32. The van der Waals surface area contributed by atoms with Crippen molar-refractivity contribution in [2.75, 3.05) is 0 Å². The lowest BCUT2D eigenvalue weighted by molar-refractivity contribution is 0.483. The molecular formula is C6H6O5S2. The highest BCUT2D eigenvalue weighted by Gasteiger charge is 2.09. The summed E-state index contributed by atoms with van der Waals surface area (Å²) in [4.78, 5) is -0.228. The van der Waals surface area contributed by atoms with Gasteiger partial charge in [0.05, 0.1) is 9.79 Å². The van der Waals surface area contributed by atoms with Crippen molar-refractivity contribution >= 4 is 21.2 Å². The van der Waals surface area contributed by atoms with Gasteiger partial charge < -0.3 is 4.55 Å². The molecule has 1 aromatic rings. The van der Waals surface area contributed by atoms with E-state index in [0.29, 0.717) is 0 Å². The first-order valence-electron chi connectivity index (χ1n) is 3.09. The van der Waals surface area contributed by atoms with E-state index in [9.17, 15) is 12.6 Å². The molecule has 13 heavy (non-hydrogen) atoms. The quantitative estimate of drug-likeness (QED) is 0.562. The molecule has 0 saturated heterocycles. The molecule has 72 valence electrons. The van der Waals surface area contributed by atoms with Crippen molar-refractivity contribution in [3.8, 4) is 0 Å². The lowest BCUT2D eigenvalue weighted by Gasteiger charge is -1.97. The Balaban J connectivity index is 3.16. The van der Waals surface area contributed by atoms with Crippen LogP contribution in [0.3, 0.4) is 0 Å². The molecule has 0 aromatic heterocycles. The van der Waals surface area contributed by atoms with Crippen molar-refractivity contribution in [2.24, 2.45) is 0 Å². The van der Waals surface area contributed by atoms with Gasteiger partial charge in [0.1, 0.15) is 0 Å². The molecule has 1 rings (SSSR count). The van der Waals surface area contributed by atoms with E-state index >= 15 is 0 Å². The van der Waals surface area contributed by atoms with E-state index in [2.05, 4.69) is 0 Å². The molecule has 0 amide bonds. The van der Waals surface area contributed by atoms with Crippen molar-refractivity contribution < 1.29 is 21.7 Å². The van der Waals surface area contributed by atoms with Crippen LogP contribution in [0, 0.1) is 0 Å². The minimum atomic E-state index is -4.23. The number of hydrogen-bond donors (Lipinski definition) is 2. The minimum Gasteiger partial charge on any atom is -0.302 e. The third kappa shape index (κ3) is 2.59. The summed E-state index contributed by atoms with van der Waals surface area (Å²) in [6.07, 6.45) is 0. The van der Waals surface area contributed by atoms with E-state index in [1.807, 2.05) is 0 Å². The van der Waals surface area contributed by atoms with E-state index in [1.54, 1.807) is 0 Å². The molecule has 0 heterocycles. The predicted octanol–water partition coefficient (Wildman–Crippen LogP) is 0.514. The van der Waals surface area contributed by atoms with Crippen LogP contribution in [0.1, 0.15) is 0 Å². The largest absolute Gasteiger partial charge is 0.302 e. The monoisotopic (exact) mass is 222 g/mol. The molecule has 0 aliphatic carbocycles. The summed E-state index contributed by atoms with van der Waals surface area (Å²) in [5.41, 5.74) is 0. The second-order valence-electron chi connectivity index (χ2n) is 2.20. The van der Waals surface area contributed by atoms with Gasteiger partial charge in [-0.3, -0.25) is 4.55 Å². The van der Waals surface area contributed by atoms with E-state index in [1.165, 1.54) is 0 Å². The smallest absolute Gasteiger partial charge is 0.294 e. The maximum atomic E-state index is 10.5. The summed E-state index contributed by atoms with van der Waals surface area (Å²) in [6, 6.07) is 4.41. The Morgan fingerprint density at radius 1 is 1.15 bits per heavy atom. The molecule has 5 nitrogen and oxygen atoms in total. The van der Waals surface area contributed by atoms with E-state index < -0.39 is 21.2 Å². The Hall–Kier alpha value is -0.760. The molecule has 1 aromatic carbocycles. The van der Waals surface area contributed by atoms with Crippen molar-refractivity contribution in [3.63, 3.8) is 0 Å². The molecule has 1 atom stereocenters. The summed E-state index contributed by atoms with van der Waals surface area (Å²) in [7, 11) is -4.23. The molecule has 0 radical (unpaired) electrons. The molecule has 0 aliphatic rings. The maximum Gasteiger partial charge on any atom is 0.294 e. The Kier molecular flexibility index (Phi) is 2.81. The van der Waals surface area contributed by atoms with Gasteiger partial charge in [-0.05, 0) is 24.3 Å². The van der Waals surface area contributed by atoms with Crippen molar-refractivity contribution in [2.45, 2.75) is 9.79 Å². The van der Waals surface area contributed by atoms with Gasteiger partial charge in [-0.2, -0.15) is 8.42 Å². The summed E-state index contributed by atoms with van der Waals surface area (Å²) in [5.74, 6) is 0. The molecule has 0 saturated carbocycles. The van der Waals surface area contributed by atoms with Gasteiger partial charge in [-0.1, -0.05) is 0 Å². The molecule has 0 fully saturated rings. The lowest BCUT2D eigenvalue weighted by Crippen LogP contribution is -1.98. The van der Waals surface area contributed by atoms with Gasteiger partial charge in [-0.15, -0.1) is 0 Å². The second-order valence-corrected chi connectivity index (χ2v) is 4.59. The summed E-state index contributed by atoms with van der Waals surface area (Å²) in [6.45, 7) is 0. The van der Waals surface area contributed by atoms with Gasteiger partial charge in [-0.25, -0.2) is 4.21 Å². The van der Waals surface area contributed by atoms with Gasteiger partial charge in [0.25, 0.3) is 10.1 Å². The van der Waals surface area contributed by atoms with Crippen LogP contribution in [-0.4, -0.2) is 21.7 Å². The van der Waals surface area contributed by atoms with Crippen molar-refractivity contribution in [1.82, 2.24) is 0 Å². The highest BCUT2D eigenvalue weighted by Crippen LogP contribution is 2.11. The van der Waals surface area contributed by atoms with Gasteiger partial charge in [0.15, 0.2) is 11.1 Å². The van der Waals surface area contributed by atoms with Crippen LogP contribution in [0.15, 0.2) is 34.1 Å². The fraction of sp³-hybridized carbons (Fsp3) is 0. The molecule has 0 bridgehead atoms. The molecule has 1 unspecified atom stereocenters. The van der Waals surface area contributed by atoms with Crippen molar-refractivity contribution in [3.05, 3.63) is 24.3 Å². The van der Waals surface area contributed by atoms with Gasteiger partial charge >= 0.3 is 0 Å². The molecule has 0 aliphatic heterocycles. The summed E-state index contributed by atoms with van der Waals surface area (Å²) in [5, 5.41) is 0. The third-order valence-corrected chi connectivity index (χ3v) is 2.87. The Bertz CT molecular complexity index is 419. The normalized spacial score (nSPS) is 14.0. The predicted molar refractivity (Wildman–Crippen MR) is 45.3 cm³/mol. The zero-order chi connectivity index (χ0) is 10.1. The number of rotatable bonds is 2. The van der Waals surface area contributed by atoms with Crippen LogP contribution in [0.5, 0.6) is 0 Å². The van der Waals surface area contributed by atoms with Gasteiger partial charge in [0.2, 0.25) is 0 Å². The average molecular weight is 222 g/mol. The van der Waals surface area contributed by atoms with E-state index in [-0.39, 0.29) is 9.79 Å². The molecule has 0 spiro atoms. The first-order chi connectivity index (χ1) is 5.91. The van der Waals surface area contributed by atoms with Crippen LogP contribution in [0.2, 0.25) is 0 Å². The highest BCUT2D eigenvalue weighted by molar-refractivity contribution is 7.85. The average Bonchev–Trinajstić information content (AvgIpc) is 2.03. The first-order valence-corrected chi connectivity index (χ1v) is 5.64. The van der Waals surface area contributed by atoms with E-state index in [0.717, 1.165) is 24.3 Å². The van der Waals surface area contributed by atoms with Crippen LogP contribution in [-0.2, 0) is 21.2 Å². The second kappa shape index (κ2) is 3.54. The number of benzene rings is 1. The Labute approximate surface area is 77.4 Å². The van der Waals surface area contributed by atoms with Crippen molar-refractivity contribution in [1.29, 1.82) is 0 Å². The Morgan fingerprint density at radius 2 is 1.62 bits per heavy atom. The summed E-state index contributed by atoms with van der Waals surface area (Å²) < 4.78 is 48.7. The lowest BCUT2D eigenvalue weighted by atomic mass is 10.4. The summed E-state index contributed by atoms with van der Waals surface area (Å²) >= 11 is -2.14. The molecule has 2 N–H and O–H groups in total. The van der Waals surface area contributed by atoms with Crippen LogP contribution in [0.25, 0.3) is 0 Å². The van der Waals surface area contributed by atoms with Crippen LogP contribution in [0.4, 0.5) is 0 Å². The number of hydrogen-bond acceptors (Lipinski definition) is 3. The maximum absolute atomic E-state index is 10.5. The van der Waals surface area contributed by atoms with E-state index in [4.69, 9.17) is 9.11 Å². The SMILES string of the molecule is O=S(O)c1ccc(S(=O)(=O)O)cc1.